The minimum absolute atomic E-state index is 0.0497. The average molecular weight is 377 g/mol. The van der Waals surface area contributed by atoms with E-state index in [9.17, 15) is 10.1 Å². The van der Waals surface area contributed by atoms with Gasteiger partial charge in [-0.2, -0.15) is 5.26 Å². The van der Waals surface area contributed by atoms with E-state index in [0.717, 1.165) is 24.9 Å². The number of hydrogen-bond acceptors (Lipinski definition) is 5. The molecule has 5 rings (SSSR count). The summed E-state index contributed by atoms with van der Waals surface area (Å²) >= 11 is 0. The van der Waals surface area contributed by atoms with Gasteiger partial charge in [0.2, 0.25) is 0 Å². The lowest BCUT2D eigenvalue weighted by Gasteiger charge is -2.51. The fraction of sp³-hybridized carbons (Fsp3) is 0.455. The maximum absolute atomic E-state index is 12.4. The first-order chi connectivity index (χ1) is 13.6. The molecular formula is C22H23N3O3. The van der Waals surface area contributed by atoms with Crippen molar-refractivity contribution in [2.75, 3.05) is 13.7 Å². The van der Waals surface area contributed by atoms with Gasteiger partial charge in [-0.25, -0.2) is 4.79 Å². The molecule has 1 fully saturated rings. The topological polar surface area (TPSA) is 78.3 Å². The number of nitrogens with zero attached hydrogens (tertiary/aromatic N) is 2. The Balaban J connectivity index is 1.62. The van der Waals surface area contributed by atoms with Crippen LogP contribution in [0.5, 0.6) is 0 Å². The van der Waals surface area contributed by atoms with Gasteiger partial charge in [-0.1, -0.05) is 18.2 Å². The van der Waals surface area contributed by atoms with Crippen molar-refractivity contribution in [1.29, 1.82) is 5.26 Å². The summed E-state index contributed by atoms with van der Waals surface area (Å²) in [4.78, 5) is 18.3. The zero-order valence-electron chi connectivity index (χ0n) is 16.0. The van der Waals surface area contributed by atoms with Gasteiger partial charge < -0.3 is 14.5 Å². The zero-order chi connectivity index (χ0) is 19.4. The summed E-state index contributed by atoms with van der Waals surface area (Å²) in [5.74, 6) is -0.467. The number of carbonyl (C=O) groups excluding carboxylic acids is 1. The van der Waals surface area contributed by atoms with Gasteiger partial charge >= 0.3 is 5.97 Å². The molecule has 1 saturated heterocycles. The number of H-pyrrole nitrogens is 1. The molecule has 0 saturated carbocycles. The van der Waals surface area contributed by atoms with Gasteiger partial charge in [0.15, 0.2) is 0 Å². The monoisotopic (exact) mass is 377 g/mol. The number of esters is 1. The maximum atomic E-state index is 12.4. The Morgan fingerprint density at radius 2 is 2.21 bits per heavy atom. The number of aromatic nitrogens is 1. The molecule has 1 N–H and O–H groups in total. The molecule has 0 aliphatic carbocycles. The highest BCUT2D eigenvalue weighted by atomic mass is 16.5. The van der Waals surface area contributed by atoms with Crippen LogP contribution in [0.3, 0.4) is 0 Å². The van der Waals surface area contributed by atoms with Crippen LogP contribution in [0, 0.1) is 23.2 Å². The number of para-hydroxylation sites is 1. The Hall–Kier alpha value is -2.78. The van der Waals surface area contributed by atoms with Crippen LogP contribution in [0.1, 0.15) is 30.6 Å². The number of nitrogens with one attached hydrogen (secondary N) is 1. The molecule has 6 heteroatoms. The second kappa shape index (κ2) is 6.39. The molecule has 2 aromatic rings. The Morgan fingerprint density at radius 1 is 1.39 bits per heavy atom. The first kappa shape index (κ1) is 17.3. The SMILES string of the molecule is COC(=O)C1=COC(C)C2C1C[C@@H]1c3[nH]c4ccccc4c3CCN1C2C#N. The van der Waals surface area contributed by atoms with Gasteiger partial charge in [0, 0.05) is 35.0 Å². The number of aromatic amines is 1. The van der Waals surface area contributed by atoms with Crippen LogP contribution in [0.25, 0.3) is 10.9 Å². The number of ether oxygens (including phenoxy) is 2. The molecule has 1 aromatic carbocycles. The molecule has 4 heterocycles. The third-order valence-electron chi connectivity index (χ3n) is 6.77. The van der Waals surface area contributed by atoms with E-state index >= 15 is 0 Å². The van der Waals surface area contributed by atoms with E-state index < -0.39 is 0 Å². The first-order valence-electron chi connectivity index (χ1n) is 9.82. The van der Waals surface area contributed by atoms with Crippen LogP contribution in [-0.4, -0.2) is 41.7 Å². The van der Waals surface area contributed by atoms with Crippen molar-refractivity contribution >= 4 is 16.9 Å². The third-order valence-corrected chi connectivity index (χ3v) is 6.77. The molecule has 6 nitrogen and oxygen atoms in total. The maximum Gasteiger partial charge on any atom is 0.337 e. The van der Waals surface area contributed by atoms with Crippen molar-refractivity contribution < 1.29 is 14.3 Å². The minimum Gasteiger partial charge on any atom is -0.497 e. The Bertz CT molecular complexity index is 1020. The molecule has 0 bridgehead atoms. The summed E-state index contributed by atoms with van der Waals surface area (Å²) in [5, 5.41) is 11.3. The number of hydrogen-bond donors (Lipinski definition) is 1. The summed E-state index contributed by atoms with van der Waals surface area (Å²) in [6, 6.07) is 10.7. The van der Waals surface area contributed by atoms with E-state index in [2.05, 4.69) is 34.2 Å². The van der Waals surface area contributed by atoms with Crippen molar-refractivity contribution in [3.8, 4) is 6.07 Å². The molecule has 0 amide bonds. The van der Waals surface area contributed by atoms with E-state index in [-0.39, 0.29) is 36.0 Å². The number of fused-ring (bicyclic) bond motifs is 6. The van der Waals surface area contributed by atoms with E-state index in [1.54, 1.807) is 6.26 Å². The van der Waals surface area contributed by atoms with E-state index in [1.807, 2.05) is 13.0 Å². The van der Waals surface area contributed by atoms with Crippen LogP contribution >= 0.6 is 0 Å². The predicted molar refractivity (Wildman–Crippen MR) is 103 cm³/mol. The molecule has 0 spiro atoms. The van der Waals surface area contributed by atoms with Gasteiger partial charge in [0.1, 0.15) is 12.1 Å². The molecule has 3 aliphatic rings. The fourth-order valence-electron chi connectivity index (χ4n) is 5.52. The largest absolute Gasteiger partial charge is 0.497 e. The molecule has 4 unspecified atom stereocenters. The summed E-state index contributed by atoms with van der Waals surface area (Å²) in [7, 11) is 1.39. The second-order valence-corrected chi connectivity index (χ2v) is 7.97. The van der Waals surface area contributed by atoms with Crippen molar-refractivity contribution in [1.82, 2.24) is 9.88 Å². The predicted octanol–water partition coefficient (Wildman–Crippen LogP) is 3.07. The number of benzene rings is 1. The molecule has 1 aromatic heterocycles. The Kier molecular flexibility index (Phi) is 3.95. The van der Waals surface area contributed by atoms with E-state index in [1.165, 1.54) is 23.8 Å². The summed E-state index contributed by atoms with van der Waals surface area (Å²) < 4.78 is 10.8. The number of piperidine rings is 1. The first-order valence-corrected chi connectivity index (χ1v) is 9.82. The van der Waals surface area contributed by atoms with Crippen LogP contribution < -0.4 is 0 Å². The van der Waals surface area contributed by atoms with Gasteiger partial charge in [0.25, 0.3) is 0 Å². The zero-order valence-corrected chi connectivity index (χ0v) is 16.0. The van der Waals surface area contributed by atoms with E-state index in [0.29, 0.717) is 5.57 Å². The summed E-state index contributed by atoms with van der Waals surface area (Å²) in [6.45, 7) is 2.83. The van der Waals surface area contributed by atoms with Gasteiger partial charge in [-0.15, -0.1) is 0 Å². The highest BCUT2D eigenvalue weighted by molar-refractivity contribution is 5.89. The van der Waals surface area contributed by atoms with Crippen LogP contribution in [0.2, 0.25) is 0 Å². The highest BCUT2D eigenvalue weighted by Gasteiger charge is 2.52. The molecule has 5 atom stereocenters. The lowest BCUT2D eigenvalue weighted by Crippen LogP contribution is -2.57. The number of rotatable bonds is 1. The van der Waals surface area contributed by atoms with Crippen molar-refractivity contribution in [3.05, 3.63) is 47.4 Å². The number of nitriles is 1. The third kappa shape index (κ3) is 2.33. The quantitative estimate of drug-likeness (QED) is 0.773. The van der Waals surface area contributed by atoms with Crippen molar-refractivity contribution in [2.24, 2.45) is 11.8 Å². The number of methoxy groups -OCH3 is 1. The van der Waals surface area contributed by atoms with Crippen molar-refractivity contribution in [3.63, 3.8) is 0 Å². The van der Waals surface area contributed by atoms with Gasteiger partial charge in [0.05, 0.1) is 31.1 Å². The van der Waals surface area contributed by atoms with Crippen LogP contribution in [-0.2, 0) is 20.7 Å². The average Bonchev–Trinajstić information content (AvgIpc) is 3.11. The molecule has 144 valence electrons. The van der Waals surface area contributed by atoms with Crippen LogP contribution in [0.15, 0.2) is 36.1 Å². The summed E-state index contributed by atoms with van der Waals surface area (Å²) in [6.07, 6.45) is 3.13. The summed E-state index contributed by atoms with van der Waals surface area (Å²) in [5.41, 5.74) is 4.22. The smallest absolute Gasteiger partial charge is 0.337 e. The second-order valence-electron chi connectivity index (χ2n) is 7.97. The minimum atomic E-state index is -0.361. The molecule has 0 radical (unpaired) electrons. The lowest BCUT2D eigenvalue weighted by molar-refractivity contribution is -0.139. The van der Waals surface area contributed by atoms with Crippen molar-refractivity contribution in [2.45, 2.75) is 38.0 Å². The molecular weight excluding hydrogens is 354 g/mol. The Morgan fingerprint density at radius 3 is 3.00 bits per heavy atom. The standard InChI is InChI=1S/C22H23N3O3/c1-12-20-15(16(11-28-12)22(26)27-2)9-18-21-14(7-8-25(18)19(20)10-23)13-5-3-4-6-17(13)24-21/h3-6,11-12,15,18-20,24H,7-9H2,1-2H3/t12?,15?,18-,19?,20?/m1/s1. The van der Waals surface area contributed by atoms with Crippen LogP contribution in [0.4, 0.5) is 0 Å². The Labute approximate surface area is 163 Å². The van der Waals surface area contributed by atoms with Gasteiger partial charge in [-0.3, -0.25) is 4.90 Å². The van der Waals surface area contributed by atoms with E-state index in [4.69, 9.17) is 9.47 Å². The van der Waals surface area contributed by atoms with Gasteiger partial charge in [-0.05, 0) is 31.4 Å². The lowest BCUT2D eigenvalue weighted by atomic mass is 9.68. The fourth-order valence-corrected chi connectivity index (χ4v) is 5.52. The number of carbonyl (C=O) groups is 1. The molecule has 28 heavy (non-hydrogen) atoms. The highest BCUT2D eigenvalue weighted by Crippen LogP contribution is 2.50. The normalized spacial score (nSPS) is 31.6. The molecule has 3 aliphatic heterocycles.